The summed E-state index contributed by atoms with van der Waals surface area (Å²) in [5, 5.41) is 0. The van der Waals surface area contributed by atoms with Crippen molar-refractivity contribution < 1.29 is 9.53 Å². The van der Waals surface area contributed by atoms with Gasteiger partial charge in [0.25, 0.3) is 0 Å². The highest BCUT2D eigenvalue weighted by atomic mass is 16.5. The number of allylic oxidation sites excluding steroid dienone is 2. The molecular weight excluding hydrogens is 320 g/mol. The van der Waals surface area contributed by atoms with E-state index >= 15 is 0 Å². The molecule has 0 aliphatic carbocycles. The van der Waals surface area contributed by atoms with Crippen LogP contribution < -0.4 is 4.74 Å². The first-order valence-electron chi connectivity index (χ1n) is 9.03. The normalized spacial score (nSPS) is 12.7. The van der Waals surface area contributed by atoms with E-state index < -0.39 is 0 Å². The van der Waals surface area contributed by atoms with E-state index in [2.05, 4.69) is 38.1 Å². The number of ether oxygens (including phenoxy) is 1. The first kappa shape index (κ1) is 19.7. The van der Waals surface area contributed by atoms with Gasteiger partial charge < -0.3 is 4.74 Å². The average molecular weight is 348 g/mol. The van der Waals surface area contributed by atoms with Crippen LogP contribution in [0.15, 0.2) is 48.6 Å². The Morgan fingerprint density at radius 1 is 1.12 bits per heavy atom. The largest absolute Gasteiger partial charge is 0.496 e. The highest BCUT2D eigenvalue weighted by Crippen LogP contribution is 2.27. The van der Waals surface area contributed by atoms with Gasteiger partial charge in [-0.25, -0.2) is 0 Å². The minimum absolute atomic E-state index is 0.0893. The van der Waals surface area contributed by atoms with Crippen molar-refractivity contribution in [1.29, 1.82) is 0 Å². The predicted octanol–water partition coefficient (Wildman–Crippen LogP) is 6.12. The third kappa shape index (κ3) is 4.95. The lowest BCUT2D eigenvalue weighted by molar-refractivity contribution is -0.119. The van der Waals surface area contributed by atoms with Crippen molar-refractivity contribution in [1.82, 2.24) is 0 Å². The number of aryl methyl sites for hydroxylation is 2. The van der Waals surface area contributed by atoms with Gasteiger partial charge in [-0.05, 0) is 43.5 Å². The fourth-order valence-electron chi connectivity index (χ4n) is 2.97. The topological polar surface area (TPSA) is 26.3 Å². The average Bonchev–Trinajstić information content (AvgIpc) is 2.63. The molecule has 0 bridgehead atoms. The Hall–Kier alpha value is -2.61. The first-order chi connectivity index (χ1) is 12.5. The molecular formula is C24H28O2. The Morgan fingerprint density at radius 2 is 1.81 bits per heavy atom. The molecule has 1 atom stereocenters. The highest BCUT2D eigenvalue weighted by molar-refractivity contribution is 5.87. The molecule has 0 radical (unpaired) electrons. The van der Waals surface area contributed by atoms with E-state index in [1.807, 2.05) is 50.3 Å². The second kappa shape index (κ2) is 9.19. The minimum Gasteiger partial charge on any atom is -0.496 e. The van der Waals surface area contributed by atoms with Crippen molar-refractivity contribution in [2.24, 2.45) is 0 Å². The number of carbonyl (C=O) groups excluding carboxylic acids is 1. The molecule has 26 heavy (non-hydrogen) atoms. The maximum Gasteiger partial charge on any atom is 0.143 e. The molecule has 2 rings (SSSR count). The number of Topliss-reactive ketones (excluding diaryl/α,β-unsaturated/α-hetero) is 1. The van der Waals surface area contributed by atoms with Crippen molar-refractivity contribution in [2.45, 2.75) is 40.0 Å². The molecule has 2 aromatic rings. The minimum atomic E-state index is -0.0893. The van der Waals surface area contributed by atoms with Gasteiger partial charge in [0, 0.05) is 17.9 Å². The van der Waals surface area contributed by atoms with Crippen LogP contribution in [0.25, 0.3) is 12.2 Å². The van der Waals surface area contributed by atoms with Crippen molar-refractivity contribution in [3.8, 4) is 5.75 Å². The van der Waals surface area contributed by atoms with E-state index in [4.69, 9.17) is 4.74 Å². The van der Waals surface area contributed by atoms with Crippen LogP contribution in [0.3, 0.4) is 0 Å². The van der Waals surface area contributed by atoms with Crippen LogP contribution in [0, 0.1) is 13.8 Å². The molecule has 0 amide bonds. The molecule has 1 unspecified atom stereocenters. The van der Waals surface area contributed by atoms with E-state index in [1.165, 1.54) is 5.56 Å². The molecule has 0 fully saturated rings. The fraction of sp³-hybridized carbons (Fsp3) is 0.292. The van der Waals surface area contributed by atoms with E-state index in [0.717, 1.165) is 28.0 Å². The molecule has 0 spiro atoms. The molecule has 2 aromatic carbocycles. The van der Waals surface area contributed by atoms with Crippen LogP contribution in [0.5, 0.6) is 5.75 Å². The monoisotopic (exact) mass is 348 g/mol. The third-order valence-corrected chi connectivity index (χ3v) is 4.61. The van der Waals surface area contributed by atoms with E-state index in [9.17, 15) is 4.79 Å². The Balaban J connectivity index is 2.09. The summed E-state index contributed by atoms with van der Waals surface area (Å²) in [6.07, 6.45) is 8.41. The Morgan fingerprint density at radius 3 is 2.42 bits per heavy atom. The summed E-state index contributed by atoms with van der Waals surface area (Å²) in [5.41, 5.74) is 5.57. The molecule has 0 N–H and O–H groups in total. The lowest BCUT2D eigenvalue weighted by atomic mass is 9.94. The van der Waals surface area contributed by atoms with Crippen LogP contribution in [0.2, 0.25) is 0 Å². The number of benzene rings is 2. The maximum atomic E-state index is 12.5. The SMILES string of the molecule is CC=Cc1c(C)cc(/C=C/CC(=O)C(C)c2ccc(C)cc2)cc1OC. The van der Waals surface area contributed by atoms with Crippen LogP contribution in [-0.4, -0.2) is 12.9 Å². The standard InChI is InChI=1S/C24H28O2/c1-6-8-22-18(3)15-20(16-24(22)26-5)9-7-10-23(25)19(4)21-13-11-17(2)12-14-21/h6-9,11-16,19H,10H2,1-5H3/b8-6?,9-7+. The molecule has 0 saturated carbocycles. The van der Waals surface area contributed by atoms with Gasteiger partial charge >= 0.3 is 0 Å². The van der Waals surface area contributed by atoms with Crippen LogP contribution in [-0.2, 0) is 4.79 Å². The number of ketones is 1. The quantitative estimate of drug-likeness (QED) is 0.602. The summed E-state index contributed by atoms with van der Waals surface area (Å²) < 4.78 is 5.50. The van der Waals surface area contributed by atoms with E-state index in [-0.39, 0.29) is 11.7 Å². The van der Waals surface area contributed by atoms with Gasteiger partial charge in [-0.1, -0.05) is 67.1 Å². The fourth-order valence-corrected chi connectivity index (χ4v) is 2.97. The molecule has 0 saturated heterocycles. The summed E-state index contributed by atoms with van der Waals surface area (Å²) in [6, 6.07) is 12.3. The number of methoxy groups -OCH3 is 1. The maximum absolute atomic E-state index is 12.5. The number of carbonyl (C=O) groups is 1. The van der Waals surface area contributed by atoms with Gasteiger partial charge in [0.2, 0.25) is 0 Å². The summed E-state index contributed by atoms with van der Waals surface area (Å²) >= 11 is 0. The van der Waals surface area contributed by atoms with Gasteiger partial charge in [0.05, 0.1) is 7.11 Å². The second-order valence-electron chi connectivity index (χ2n) is 6.66. The molecule has 136 valence electrons. The molecule has 2 nitrogen and oxygen atoms in total. The van der Waals surface area contributed by atoms with Gasteiger partial charge in [-0.15, -0.1) is 0 Å². The molecule has 0 aromatic heterocycles. The lowest BCUT2D eigenvalue weighted by Gasteiger charge is -2.11. The summed E-state index contributed by atoms with van der Waals surface area (Å²) in [6.45, 7) is 8.09. The van der Waals surface area contributed by atoms with Gasteiger partial charge in [0.15, 0.2) is 0 Å². The van der Waals surface area contributed by atoms with Crippen LogP contribution in [0.1, 0.15) is 54.0 Å². The molecule has 2 heteroatoms. The van der Waals surface area contributed by atoms with E-state index in [0.29, 0.717) is 6.42 Å². The van der Waals surface area contributed by atoms with Crippen molar-refractivity contribution >= 4 is 17.9 Å². The molecule has 0 aliphatic heterocycles. The van der Waals surface area contributed by atoms with Gasteiger partial charge in [-0.2, -0.15) is 0 Å². The summed E-state index contributed by atoms with van der Waals surface area (Å²) in [7, 11) is 1.68. The first-order valence-corrected chi connectivity index (χ1v) is 9.03. The van der Waals surface area contributed by atoms with Crippen molar-refractivity contribution in [3.63, 3.8) is 0 Å². The zero-order valence-electron chi connectivity index (χ0n) is 16.4. The summed E-state index contributed by atoms with van der Waals surface area (Å²) in [4.78, 5) is 12.5. The molecule has 0 aliphatic rings. The van der Waals surface area contributed by atoms with E-state index in [1.54, 1.807) is 7.11 Å². The zero-order valence-corrected chi connectivity index (χ0v) is 16.4. The van der Waals surface area contributed by atoms with Crippen LogP contribution in [0.4, 0.5) is 0 Å². The van der Waals surface area contributed by atoms with Crippen molar-refractivity contribution in [3.05, 3.63) is 76.4 Å². The number of hydrogen-bond donors (Lipinski definition) is 0. The Labute approximate surface area is 157 Å². The predicted molar refractivity (Wildman–Crippen MR) is 111 cm³/mol. The summed E-state index contributed by atoms with van der Waals surface area (Å²) in [5.74, 6) is 0.981. The zero-order chi connectivity index (χ0) is 19.1. The number of rotatable bonds is 7. The Kier molecular flexibility index (Phi) is 6.97. The Bertz CT molecular complexity index is 811. The van der Waals surface area contributed by atoms with Crippen LogP contribution >= 0.6 is 0 Å². The third-order valence-electron chi connectivity index (χ3n) is 4.61. The lowest BCUT2D eigenvalue weighted by Crippen LogP contribution is -2.07. The van der Waals surface area contributed by atoms with Crippen molar-refractivity contribution in [2.75, 3.05) is 7.11 Å². The molecule has 0 heterocycles. The second-order valence-corrected chi connectivity index (χ2v) is 6.66. The number of hydrogen-bond acceptors (Lipinski definition) is 2. The van der Waals surface area contributed by atoms with Gasteiger partial charge in [0.1, 0.15) is 11.5 Å². The highest BCUT2D eigenvalue weighted by Gasteiger charge is 2.13. The smallest absolute Gasteiger partial charge is 0.143 e. The van der Waals surface area contributed by atoms with Gasteiger partial charge in [-0.3, -0.25) is 4.79 Å².